The van der Waals surface area contributed by atoms with E-state index in [4.69, 9.17) is 4.74 Å². The number of unbranched alkanes of at least 4 members (excludes halogenated alkanes) is 7. The Hall–Kier alpha value is -0.340. The smallest absolute Gasteiger partial charge is 0.113 e. The standard InChI is InChI=1S/C19H38NO/c1-5-6-7-8-9-10-11-13-16-20(3)17-14-12-15-19(21-4)18(20)2/h12,14,18-19H,5-11,13,15-17H2,1-4H3/q+1. The van der Waals surface area contributed by atoms with Gasteiger partial charge in [0.25, 0.3) is 0 Å². The third kappa shape index (κ3) is 6.52. The molecule has 0 radical (unpaired) electrons. The Balaban J connectivity index is 2.23. The Morgan fingerprint density at radius 3 is 2.24 bits per heavy atom. The van der Waals surface area contributed by atoms with Gasteiger partial charge in [-0.15, -0.1) is 0 Å². The highest BCUT2D eigenvalue weighted by Gasteiger charge is 2.35. The predicted molar refractivity (Wildman–Crippen MR) is 92.5 cm³/mol. The third-order valence-electron chi connectivity index (χ3n) is 5.40. The van der Waals surface area contributed by atoms with Crippen LogP contribution in [0, 0.1) is 0 Å². The fourth-order valence-corrected chi connectivity index (χ4v) is 3.51. The van der Waals surface area contributed by atoms with Gasteiger partial charge in [-0.05, 0) is 32.3 Å². The van der Waals surface area contributed by atoms with E-state index < -0.39 is 0 Å². The van der Waals surface area contributed by atoms with Crippen LogP contribution >= 0.6 is 0 Å². The number of rotatable bonds is 10. The van der Waals surface area contributed by atoms with E-state index in [9.17, 15) is 0 Å². The van der Waals surface area contributed by atoms with Crippen molar-refractivity contribution >= 4 is 0 Å². The molecule has 0 fully saturated rings. The molecule has 0 aromatic rings. The molecule has 0 N–H and O–H groups in total. The number of methoxy groups -OCH3 is 1. The average molecular weight is 297 g/mol. The minimum absolute atomic E-state index is 0.378. The third-order valence-corrected chi connectivity index (χ3v) is 5.40. The number of ether oxygens (including phenoxy) is 1. The molecule has 1 aliphatic rings. The Bertz CT molecular complexity index is 289. The molecule has 3 unspecified atom stereocenters. The molecule has 3 atom stereocenters. The van der Waals surface area contributed by atoms with Crippen molar-refractivity contribution < 1.29 is 9.22 Å². The van der Waals surface area contributed by atoms with Gasteiger partial charge in [-0.1, -0.05) is 51.5 Å². The zero-order valence-electron chi connectivity index (χ0n) is 14.9. The summed E-state index contributed by atoms with van der Waals surface area (Å²) in [6.07, 6.45) is 17.4. The van der Waals surface area contributed by atoms with E-state index in [1.165, 1.54) is 57.9 Å². The Kier molecular flexibility index (Phi) is 9.26. The highest BCUT2D eigenvalue weighted by atomic mass is 16.5. The molecule has 0 saturated carbocycles. The summed E-state index contributed by atoms with van der Waals surface area (Å²) in [7, 11) is 4.27. The summed E-state index contributed by atoms with van der Waals surface area (Å²) in [5.74, 6) is 0. The van der Waals surface area contributed by atoms with Crippen molar-refractivity contribution in [3.63, 3.8) is 0 Å². The quantitative estimate of drug-likeness (QED) is 0.315. The number of nitrogens with zero attached hydrogens (tertiary/aromatic N) is 1. The van der Waals surface area contributed by atoms with Gasteiger partial charge in [0.1, 0.15) is 12.1 Å². The maximum atomic E-state index is 5.69. The summed E-state index contributed by atoms with van der Waals surface area (Å²) < 4.78 is 6.84. The van der Waals surface area contributed by atoms with Crippen LogP contribution in [-0.4, -0.2) is 43.9 Å². The molecule has 0 bridgehead atoms. The monoisotopic (exact) mass is 296 g/mol. The van der Waals surface area contributed by atoms with Crippen LogP contribution in [-0.2, 0) is 4.74 Å². The first-order valence-corrected chi connectivity index (χ1v) is 9.16. The van der Waals surface area contributed by atoms with Gasteiger partial charge in [0.15, 0.2) is 0 Å². The van der Waals surface area contributed by atoms with Crippen molar-refractivity contribution in [2.75, 3.05) is 27.2 Å². The summed E-state index contributed by atoms with van der Waals surface area (Å²) in [6.45, 7) is 7.11. The van der Waals surface area contributed by atoms with E-state index in [1.807, 2.05) is 7.11 Å². The molecule has 0 aromatic heterocycles. The molecule has 2 heteroatoms. The van der Waals surface area contributed by atoms with Crippen LogP contribution in [0.25, 0.3) is 0 Å². The van der Waals surface area contributed by atoms with Gasteiger partial charge in [0.05, 0.1) is 20.1 Å². The SMILES string of the molecule is CCCCCCCCCC[N+]1(C)CC=CCC(OC)C1C. The molecule has 2 nitrogen and oxygen atoms in total. The summed E-state index contributed by atoms with van der Waals surface area (Å²) in [5.41, 5.74) is 0. The largest absolute Gasteiger partial charge is 0.375 e. The van der Waals surface area contributed by atoms with E-state index >= 15 is 0 Å². The van der Waals surface area contributed by atoms with Crippen LogP contribution in [0.3, 0.4) is 0 Å². The molecule has 0 aliphatic carbocycles. The number of quaternary nitrogens is 1. The Morgan fingerprint density at radius 1 is 1.00 bits per heavy atom. The van der Waals surface area contributed by atoms with Gasteiger partial charge < -0.3 is 9.22 Å². The molecule has 21 heavy (non-hydrogen) atoms. The van der Waals surface area contributed by atoms with Gasteiger partial charge in [-0.2, -0.15) is 0 Å². The van der Waals surface area contributed by atoms with Gasteiger partial charge in [0.2, 0.25) is 0 Å². The normalized spacial score (nSPS) is 29.5. The second kappa shape index (κ2) is 10.4. The van der Waals surface area contributed by atoms with Crippen molar-refractivity contribution in [1.29, 1.82) is 0 Å². The van der Waals surface area contributed by atoms with E-state index in [-0.39, 0.29) is 0 Å². The van der Waals surface area contributed by atoms with Crippen LogP contribution in [0.15, 0.2) is 12.2 Å². The van der Waals surface area contributed by atoms with Crippen LogP contribution in [0.1, 0.15) is 71.6 Å². The number of hydrogen-bond acceptors (Lipinski definition) is 1. The van der Waals surface area contributed by atoms with Crippen molar-refractivity contribution in [3.8, 4) is 0 Å². The van der Waals surface area contributed by atoms with E-state index in [1.54, 1.807) is 0 Å². The maximum absolute atomic E-state index is 5.69. The van der Waals surface area contributed by atoms with Crippen molar-refractivity contribution in [2.45, 2.75) is 83.8 Å². The molecule has 1 rings (SSSR count). The molecule has 0 saturated heterocycles. The second-order valence-corrected chi connectivity index (χ2v) is 7.08. The topological polar surface area (TPSA) is 9.23 Å². The van der Waals surface area contributed by atoms with Crippen LogP contribution in [0.5, 0.6) is 0 Å². The minimum atomic E-state index is 0.378. The molecule has 1 aliphatic heterocycles. The highest BCUT2D eigenvalue weighted by Crippen LogP contribution is 2.23. The summed E-state index contributed by atoms with van der Waals surface area (Å²) >= 11 is 0. The van der Waals surface area contributed by atoms with Crippen LogP contribution in [0.2, 0.25) is 0 Å². The fraction of sp³-hybridized carbons (Fsp3) is 0.895. The van der Waals surface area contributed by atoms with Gasteiger partial charge in [-0.25, -0.2) is 0 Å². The van der Waals surface area contributed by atoms with E-state index in [2.05, 4.69) is 33.0 Å². The molecule has 0 aromatic carbocycles. The highest BCUT2D eigenvalue weighted by molar-refractivity contribution is 4.90. The molecular weight excluding hydrogens is 258 g/mol. The lowest BCUT2D eigenvalue weighted by molar-refractivity contribution is -0.929. The summed E-state index contributed by atoms with van der Waals surface area (Å²) in [6, 6.07) is 0.592. The zero-order chi connectivity index (χ0) is 15.6. The fourth-order valence-electron chi connectivity index (χ4n) is 3.51. The minimum Gasteiger partial charge on any atom is -0.375 e. The Morgan fingerprint density at radius 2 is 1.62 bits per heavy atom. The van der Waals surface area contributed by atoms with Crippen molar-refractivity contribution in [2.24, 2.45) is 0 Å². The average Bonchev–Trinajstić information content (AvgIpc) is 2.62. The van der Waals surface area contributed by atoms with Gasteiger partial charge in [0, 0.05) is 7.11 Å². The van der Waals surface area contributed by atoms with Crippen LogP contribution in [0.4, 0.5) is 0 Å². The first-order valence-electron chi connectivity index (χ1n) is 9.16. The van der Waals surface area contributed by atoms with E-state index in [0.29, 0.717) is 12.1 Å². The molecule has 0 amide bonds. The second-order valence-electron chi connectivity index (χ2n) is 7.08. The summed E-state index contributed by atoms with van der Waals surface area (Å²) in [4.78, 5) is 0. The zero-order valence-corrected chi connectivity index (χ0v) is 14.9. The molecular formula is C19H38NO+. The lowest BCUT2D eigenvalue weighted by Crippen LogP contribution is -2.55. The van der Waals surface area contributed by atoms with Crippen molar-refractivity contribution in [3.05, 3.63) is 12.2 Å². The summed E-state index contributed by atoms with van der Waals surface area (Å²) in [5, 5.41) is 0. The Labute approximate surface area is 133 Å². The molecule has 124 valence electrons. The first-order chi connectivity index (χ1) is 10.1. The number of hydrogen-bond donors (Lipinski definition) is 0. The van der Waals surface area contributed by atoms with Gasteiger partial charge >= 0.3 is 0 Å². The van der Waals surface area contributed by atoms with Gasteiger partial charge in [-0.3, -0.25) is 0 Å². The van der Waals surface area contributed by atoms with Crippen LogP contribution < -0.4 is 0 Å². The number of likely N-dealkylation sites (N-methyl/N-ethyl adjacent to an activating group) is 1. The maximum Gasteiger partial charge on any atom is 0.113 e. The first kappa shape index (κ1) is 18.7. The lowest BCUT2D eigenvalue weighted by atomic mass is 10.0. The molecule has 1 heterocycles. The van der Waals surface area contributed by atoms with Crippen molar-refractivity contribution in [1.82, 2.24) is 0 Å². The lowest BCUT2D eigenvalue weighted by Gasteiger charge is -2.41. The molecule has 0 spiro atoms. The van der Waals surface area contributed by atoms with E-state index in [0.717, 1.165) is 17.4 Å². The predicted octanol–water partition coefficient (Wildman–Crippen LogP) is 4.94.